The Bertz CT molecular complexity index is 231. The monoisotopic (exact) mass is 232 g/mol. The molecule has 0 saturated heterocycles. The van der Waals surface area contributed by atoms with E-state index in [-0.39, 0.29) is 6.42 Å². The number of ether oxygens (including phenoxy) is 1. The fourth-order valence-corrected chi connectivity index (χ4v) is 1.17. The molecule has 0 aromatic rings. The first kappa shape index (κ1) is 14.9. The molecule has 0 fully saturated rings. The number of carboxylic acids is 1. The molecule has 0 aliphatic heterocycles. The smallest absolute Gasteiger partial charge is 0.321 e. The molecule has 0 radical (unpaired) electrons. The van der Waals surface area contributed by atoms with Gasteiger partial charge < -0.3 is 20.1 Å². The second-order valence-electron chi connectivity index (χ2n) is 3.78. The maximum absolute atomic E-state index is 10.9. The van der Waals surface area contributed by atoms with E-state index >= 15 is 0 Å². The first-order valence-corrected chi connectivity index (χ1v) is 5.15. The highest BCUT2D eigenvalue weighted by Gasteiger charge is 2.20. The first-order valence-electron chi connectivity index (χ1n) is 5.15. The Balaban J connectivity index is 3.86. The van der Waals surface area contributed by atoms with Crippen molar-refractivity contribution < 1.29 is 19.4 Å². The summed E-state index contributed by atoms with van der Waals surface area (Å²) in [6.07, 6.45) is 0.686. The van der Waals surface area contributed by atoms with Gasteiger partial charge in [0.1, 0.15) is 6.04 Å². The zero-order valence-electron chi connectivity index (χ0n) is 10.0. The van der Waals surface area contributed by atoms with Gasteiger partial charge in [-0.05, 0) is 33.6 Å². The fraction of sp³-hybridized carbons (Fsp3) is 0.800. The molecular formula is C10H20N2O4. The number of rotatable bonds is 8. The quantitative estimate of drug-likeness (QED) is 0.435. The molecule has 0 aromatic carbocycles. The summed E-state index contributed by atoms with van der Waals surface area (Å²) in [4.78, 5) is 23.7. The van der Waals surface area contributed by atoms with Crippen molar-refractivity contribution >= 4 is 11.9 Å². The molecule has 6 heteroatoms. The third-order valence-corrected chi connectivity index (χ3v) is 2.07. The molecule has 6 nitrogen and oxygen atoms in total. The molecule has 0 saturated carbocycles. The van der Waals surface area contributed by atoms with E-state index in [1.807, 2.05) is 19.0 Å². The minimum Gasteiger partial charge on any atom is -0.480 e. The summed E-state index contributed by atoms with van der Waals surface area (Å²) in [5, 5.41) is 11.7. The number of nitrogens with one attached hydrogen (secondary N) is 1. The van der Waals surface area contributed by atoms with Gasteiger partial charge in [0.2, 0.25) is 0 Å². The molecule has 0 bridgehead atoms. The molecule has 1 unspecified atom stereocenters. The molecular weight excluding hydrogens is 212 g/mol. The SMILES string of the molecule is COC(=O)CC(NCCCN(C)C)C(=O)O. The summed E-state index contributed by atoms with van der Waals surface area (Å²) in [6, 6.07) is -0.866. The minimum absolute atomic E-state index is 0.145. The maximum Gasteiger partial charge on any atom is 0.321 e. The van der Waals surface area contributed by atoms with Crippen LogP contribution in [0.3, 0.4) is 0 Å². The van der Waals surface area contributed by atoms with Crippen molar-refractivity contribution in [3.05, 3.63) is 0 Å². The summed E-state index contributed by atoms with van der Waals surface area (Å²) < 4.78 is 4.42. The Hall–Kier alpha value is -1.14. The number of carbonyl (C=O) groups excluding carboxylic acids is 1. The Labute approximate surface area is 95.6 Å². The Morgan fingerprint density at radius 1 is 1.44 bits per heavy atom. The van der Waals surface area contributed by atoms with Gasteiger partial charge in [-0.2, -0.15) is 0 Å². The highest BCUT2D eigenvalue weighted by Crippen LogP contribution is 1.95. The van der Waals surface area contributed by atoms with E-state index in [9.17, 15) is 9.59 Å². The van der Waals surface area contributed by atoms with Crippen LogP contribution in [0, 0.1) is 0 Å². The average Bonchev–Trinajstić information content (AvgIpc) is 2.21. The van der Waals surface area contributed by atoms with Crippen molar-refractivity contribution in [3.8, 4) is 0 Å². The topological polar surface area (TPSA) is 78.9 Å². The molecule has 0 spiro atoms. The number of methoxy groups -OCH3 is 1. The van der Waals surface area contributed by atoms with Crippen LogP contribution in [0.5, 0.6) is 0 Å². The van der Waals surface area contributed by atoms with E-state index in [1.165, 1.54) is 7.11 Å². The molecule has 0 heterocycles. The van der Waals surface area contributed by atoms with Crippen LogP contribution in [-0.4, -0.2) is 62.3 Å². The summed E-state index contributed by atoms with van der Waals surface area (Å²) >= 11 is 0. The zero-order chi connectivity index (χ0) is 12.6. The first-order chi connectivity index (χ1) is 7.47. The molecule has 0 aromatic heterocycles. The van der Waals surface area contributed by atoms with Gasteiger partial charge in [-0.1, -0.05) is 0 Å². The predicted molar refractivity (Wildman–Crippen MR) is 59.2 cm³/mol. The molecule has 0 amide bonds. The van der Waals surface area contributed by atoms with E-state index in [4.69, 9.17) is 5.11 Å². The molecule has 0 aliphatic carbocycles. The van der Waals surface area contributed by atoms with Gasteiger partial charge in [0.15, 0.2) is 0 Å². The van der Waals surface area contributed by atoms with Gasteiger partial charge in [0.05, 0.1) is 13.5 Å². The average molecular weight is 232 g/mol. The number of aliphatic carboxylic acids is 1. The van der Waals surface area contributed by atoms with Crippen molar-refractivity contribution in [2.24, 2.45) is 0 Å². The van der Waals surface area contributed by atoms with Crippen LogP contribution in [0.15, 0.2) is 0 Å². The summed E-state index contributed by atoms with van der Waals surface area (Å²) in [7, 11) is 5.14. The van der Waals surface area contributed by atoms with Crippen molar-refractivity contribution in [3.63, 3.8) is 0 Å². The largest absolute Gasteiger partial charge is 0.480 e. The van der Waals surface area contributed by atoms with E-state index < -0.39 is 18.0 Å². The Morgan fingerprint density at radius 3 is 2.50 bits per heavy atom. The van der Waals surface area contributed by atoms with Crippen LogP contribution >= 0.6 is 0 Å². The van der Waals surface area contributed by atoms with Crippen molar-refractivity contribution in [1.82, 2.24) is 10.2 Å². The molecule has 1 atom stereocenters. The third kappa shape index (κ3) is 7.19. The van der Waals surface area contributed by atoms with Gasteiger partial charge in [0, 0.05) is 0 Å². The van der Waals surface area contributed by atoms with Gasteiger partial charge in [-0.3, -0.25) is 9.59 Å². The summed E-state index contributed by atoms with van der Waals surface area (Å²) in [5.74, 6) is -1.55. The second-order valence-corrected chi connectivity index (χ2v) is 3.78. The summed E-state index contributed by atoms with van der Waals surface area (Å²) in [6.45, 7) is 1.43. The Kier molecular flexibility index (Phi) is 7.49. The number of carboxylic acid groups (broad SMARTS) is 1. The van der Waals surface area contributed by atoms with Crippen molar-refractivity contribution in [2.45, 2.75) is 18.9 Å². The van der Waals surface area contributed by atoms with Crippen LogP contribution < -0.4 is 5.32 Å². The molecule has 0 rings (SSSR count). The molecule has 16 heavy (non-hydrogen) atoms. The number of hydrogen-bond acceptors (Lipinski definition) is 5. The van der Waals surface area contributed by atoms with Crippen molar-refractivity contribution in [1.29, 1.82) is 0 Å². The molecule has 0 aliphatic rings. The minimum atomic E-state index is -1.03. The number of nitrogens with zero attached hydrogens (tertiary/aromatic N) is 1. The number of hydrogen-bond donors (Lipinski definition) is 2. The van der Waals surface area contributed by atoms with Gasteiger partial charge in [-0.15, -0.1) is 0 Å². The van der Waals surface area contributed by atoms with Crippen LogP contribution in [0.2, 0.25) is 0 Å². The van der Waals surface area contributed by atoms with Crippen LogP contribution in [-0.2, 0) is 14.3 Å². The lowest BCUT2D eigenvalue weighted by atomic mass is 10.2. The maximum atomic E-state index is 10.9. The third-order valence-electron chi connectivity index (χ3n) is 2.07. The standard InChI is InChI=1S/C10H20N2O4/c1-12(2)6-4-5-11-8(10(14)15)7-9(13)16-3/h8,11H,4-7H2,1-3H3,(H,14,15). The fourth-order valence-electron chi connectivity index (χ4n) is 1.17. The highest BCUT2D eigenvalue weighted by atomic mass is 16.5. The molecule has 2 N–H and O–H groups in total. The predicted octanol–water partition coefficient (Wildman–Crippen LogP) is -0.456. The lowest BCUT2D eigenvalue weighted by molar-refractivity contribution is -0.147. The van der Waals surface area contributed by atoms with E-state index in [0.29, 0.717) is 6.54 Å². The van der Waals surface area contributed by atoms with Crippen molar-refractivity contribution in [2.75, 3.05) is 34.3 Å². The van der Waals surface area contributed by atoms with Gasteiger partial charge >= 0.3 is 11.9 Å². The van der Waals surface area contributed by atoms with Gasteiger partial charge in [-0.25, -0.2) is 0 Å². The Morgan fingerprint density at radius 2 is 2.06 bits per heavy atom. The molecule has 94 valence electrons. The summed E-state index contributed by atoms with van der Waals surface area (Å²) in [5.41, 5.74) is 0. The van der Waals surface area contributed by atoms with E-state index in [1.54, 1.807) is 0 Å². The van der Waals surface area contributed by atoms with E-state index in [0.717, 1.165) is 13.0 Å². The van der Waals surface area contributed by atoms with Crippen LogP contribution in [0.25, 0.3) is 0 Å². The lowest BCUT2D eigenvalue weighted by Gasteiger charge is -2.14. The second kappa shape index (κ2) is 8.06. The normalized spacial score (nSPS) is 12.5. The van der Waals surface area contributed by atoms with Crippen LogP contribution in [0.4, 0.5) is 0 Å². The zero-order valence-corrected chi connectivity index (χ0v) is 10.0. The van der Waals surface area contributed by atoms with Crippen LogP contribution in [0.1, 0.15) is 12.8 Å². The highest BCUT2D eigenvalue weighted by molar-refractivity contribution is 5.81. The number of esters is 1. The van der Waals surface area contributed by atoms with E-state index in [2.05, 4.69) is 10.1 Å². The van der Waals surface area contributed by atoms with Gasteiger partial charge in [0.25, 0.3) is 0 Å². The number of carbonyl (C=O) groups is 2. The lowest BCUT2D eigenvalue weighted by Crippen LogP contribution is -2.39.